The lowest BCUT2D eigenvalue weighted by Gasteiger charge is -2.17. The molecule has 2 amide bonds. The molecule has 2 aromatic rings. The molecular formula is C19H16N4O3. The number of urea groups is 1. The third kappa shape index (κ3) is 4.38. The van der Waals surface area contributed by atoms with Crippen molar-refractivity contribution in [2.45, 2.75) is 13.0 Å². The maximum absolute atomic E-state index is 11.0. The second-order valence-electron chi connectivity index (χ2n) is 5.35. The van der Waals surface area contributed by atoms with Gasteiger partial charge in [0, 0.05) is 0 Å². The molecule has 0 spiro atoms. The lowest BCUT2D eigenvalue weighted by Crippen LogP contribution is -2.38. The van der Waals surface area contributed by atoms with Gasteiger partial charge < -0.3 is 10.5 Å². The van der Waals surface area contributed by atoms with Crippen LogP contribution in [0.15, 0.2) is 48.5 Å². The van der Waals surface area contributed by atoms with Gasteiger partial charge in [-0.3, -0.25) is 5.21 Å². The predicted molar refractivity (Wildman–Crippen MR) is 94.1 cm³/mol. The number of rotatable bonds is 5. The highest BCUT2D eigenvalue weighted by Crippen LogP contribution is 2.28. The normalized spacial score (nSPS) is 11.4. The average molecular weight is 348 g/mol. The molecule has 1 unspecified atom stereocenters. The molecule has 3 N–H and O–H groups in total. The molecule has 7 heteroatoms. The van der Waals surface area contributed by atoms with Crippen LogP contribution in [0, 0.1) is 22.7 Å². The van der Waals surface area contributed by atoms with Crippen LogP contribution in [0.25, 0.3) is 6.08 Å². The molecule has 2 aromatic carbocycles. The Morgan fingerprint density at radius 1 is 1.23 bits per heavy atom. The van der Waals surface area contributed by atoms with Crippen molar-refractivity contribution in [3.8, 4) is 23.6 Å². The fourth-order valence-electron chi connectivity index (χ4n) is 2.14. The molecule has 1 atom stereocenters. The zero-order valence-electron chi connectivity index (χ0n) is 14.0. The number of carbonyl (C=O) groups is 1. The van der Waals surface area contributed by atoms with E-state index in [4.69, 9.17) is 15.7 Å². The second-order valence-corrected chi connectivity index (χ2v) is 5.35. The third-order valence-corrected chi connectivity index (χ3v) is 3.55. The van der Waals surface area contributed by atoms with Gasteiger partial charge in [-0.05, 0) is 42.8 Å². The van der Waals surface area contributed by atoms with E-state index in [2.05, 4.69) is 6.07 Å². The summed E-state index contributed by atoms with van der Waals surface area (Å²) in [5.74, 6) is 0.841. The van der Waals surface area contributed by atoms with Crippen molar-refractivity contribution in [1.29, 1.82) is 10.5 Å². The first kappa shape index (κ1) is 18.5. The first-order valence-corrected chi connectivity index (χ1v) is 7.63. The number of amides is 2. The Morgan fingerprint density at radius 3 is 2.50 bits per heavy atom. The Hall–Kier alpha value is -3.81. The number of carbonyl (C=O) groups excluding carboxylic acids is 1. The number of hydroxylamine groups is 2. The summed E-state index contributed by atoms with van der Waals surface area (Å²) < 4.78 is 5.73. The van der Waals surface area contributed by atoms with Crippen LogP contribution >= 0.6 is 0 Å². The minimum absolute atomic E-state index is 0.295. The molecule has 7 nitrogen and oxygen atoms in total. The van der Waals surface area contributed by atoms with E-state index >= 15 is 0 Å². The van der Waals surface area contributed by atoms with Crippen molar-refractivity contribution in [2.75, 3.05) is 0 Å². The van der Waals surface area contributed by atoms with Gasteiger partial charge in [-0.2, -0.15) is 15.6 Å². The van der Waals surface area contributed by atoms with E-state index in [1.54, 1.807) is 55.5 Å². The number of primary amides is 1. The molecule has 0 fully saturated rings. The van der Waals surface area contributed by atoms with Crippen LogP contribution in [0.5, 0.6) is 11.5 Å². The van der Waals surface area contributed by atoms with Crippen molar-refractivity contribution >= 4 is 12.1 Å². The highest BCUT2D eigenvalue weighted by molar-refractivity contribution is 5.71. The molecule has 0 aliphatic rings. The zero-order chi connectivity index (χ0) is 19.1. The summed E-state index contributed by atoms with van der Waals surface area (Å²) in [6.07, 6.45) is 3.13. The number of nitrogens with zero attached hydrogens (tertiary/aromatic N) is 3. The van der Waals surface area contributed by atoms with Gasteiger partial charge >= 0.3 is 6.03 Å². The van der Waals surface area contributed by atoms with Crippen molar-refractivity contribution in [1.82, 2.24) is 5.06 Å². The number of ether oxygens (including phenoxy) is 1. The molecule has 0 heterocycles. The van der Waals surface area contributed by atoms with Gasteiger partial charge in [0.05, 0.1) is 17.7 Å². The average Bonchev–Trinajstić information content (AvgIpc) is 2.66. The number of nitriles is 2. The highest BCUT2D eigenvalue weighted by Gasteiger charge is 2.13. The maximum atomic E-state index is 11.0. The van der Waals surface area contributed by atoms with Crippen LogP contribution in [0.2, 0.25) is 0 Å². The summed E-state index contributed by atoms with van der Waals surface area (Å²) >= 11 is 0. The minimum Gasteiger partial charge on any atom is -0.456 e. The van der Waals surface area contributed by atoms with Crippen LogP contribution in [0.3, 0.4) is 0 Å². The highest BCUT2D eigenvalue weighted by atomic mass is 16.5. The van der Waals surface area contributed by atoms with Gasteiger partial charge in [0.25, 0.3) is 0 Å². The number of hydrogen-bond acceptors (Lipinski definition) is 5. The first-order chi connectivity index (χ1) is 12.5. The Bertz CT molecular complexity index is 908. The summed E-state index contributed by atoms with van der Waals surface area (Å²) in [6, 6.07) is 14.1. The molecule has 130 valence electrons. The van der Waals surface area contributed by atoms with Crippen LogP contribution in [-0.4, -0.2) is 22.3 Å². The Morgan fingerprint density at radius 2 is 1.92 bits per heavy atom. The van der Waals surface area contributed by atoms with Crippen LogP contribution in [-0.2, 0) is 0 Å². The molecule has 0 aromatic heterocycles. The second kappa shape index (κ2) is 8.34. The molecule has 0 aliphatic carbocycles. The van der Waals surface area contributed by atoms with Gasteiger partial charge in [-0.15, -0.1) is 0 Å². The van der Waals surface area contributed by atoms with Crippen molar-refractivity contribution in [3.63, 3.8) is 0 Å². The van der Waals surface area contributed by atoms with Gasteiger partial charge in [0.2, 0.25) is 0 Å². The van der Waals surface area contributed by atoms with Crippen molar-refractivity contribution in [2.24, 2.45) is 5.73 Å². The van der Waals surface area contributed by atoms with E-state index in [1.165, 1.54) is 6.08 Å². The monoisotopic (exact) mass is 348 g/mol. The zero-order valence-corrected chi connectivity index (χ0v) is 14.0. The minimum atomic E-state index is -0.972. The Kier molecular flexibility index (Phi) is 5.94. The summed E-state index contributed by atoms with van der Waals surface area (Å²) in [7, 11) is 0. The third-order valence-electron chi connectivity index (χ3n) is 3.55. The summed E-state index contributed by atoms with van der Waals surface area (Å²) in [4.78, 5) is 11.0. The first-order valence-electron chi connectivity index (χ1n) is 7.63. The summed E-state index contributed by atoms with van der Waals surface area (Å²) in [5, 5.41) is 28.2. The molecular weight excluding hydrogens is 332 g/mol. The van der Waals surface area contributed by atoms with E-state index in [0.29, 0.717) is 33.3 Å². The number of benzene rings is 2. The number of nitrogens with two attached hydrogens (primary N) is 1. The molecule has 2 rings (SSSR count). The van der Waals surface area contributed by atoms with Gasteiger partial charge in [-0.25, -0.2) is 4.79 Å². The quantitative estimate of drug-likeness (QED) is 0.633. The standard InChI is InChI=1S/C19H16N4O3/c1-13(23(25)19(22)24)5-8-15-3-2-4-18(17(15)12-21)26-16-9-6-14(11-20)7-10-16/h2-10,13,25H,1H3,(H2,22,24). The molecule has 0 bridgehead atoms. The Labute approximate surface area is 150 Å². The van der Waals surface area contributed by atoms with Crippen LogP contribution in [0.4, 0.5) is 4.79 Å². The van der Waals surface area contributed by atoms with Crippen molar-refractivity contribution < 1.29 is 14.7 Å². The predicted octanol–water partition coefficient (Wildman–Crippen LogP) is 3.39. The number of hydrogen-bond donors (Lipinski definition) is 2. The molecule has 26 heavy (non-hydrogen) atoms. The van der Waals surface area contributed by atoms with Gasteiger partial charge in [-0.1, -0.05) is 24.3 Å². The molecule has 0 saturated heterocycles. The van der Waals surface area contributed by atoms with E-state index in [1.807, 2.05) is 6.07 Å². The van der Waals surface area contributed by atoms with E-state index < -0.39 is 12.1 Å². The summed E-state index contributed by atoms with van der Waals surface area (Å²) in [5.41, 5.74) is 6.36. The van der Waals surface area contributed by atoms with Gasteiger partial charge in [0.1, 0.15) is 23.1 Å². The SMILES string of the molecule is CC(C=Cc1cccc(Oc2ccc(C#N)cc2)c1C#N)N(O)C(N)=O. The molecule has 0 saturated carbocycles. The lowest BCUT2D eigenvalue weighted by atomic mass is 10.1. The van der Waals surface area contributed by atoms with Gasteiger partial charge in [0.15, 0.2) is 0 Å². The van der Waals surface area contributed by atoms with E-state index in [-0.39, 0.29) is 0 Å². The van der Waals surface area contributed by atoms with Crippen LogP contribution < -0.4 is 10.5 Å². The largest absolute Gasteiger partial charge is 0.456 e. The van der Waals surface area contributed by atoms with Crippen LogP contribution in [0.1, 0.15) is 23.6 Å². The summed E-state index contributed by atoms with van der Waals surface area (Å²) in [6.45, 7) is 1.57. The van der Waals surface area contributed by atoms with E-state index in [0.717, 1.165) is 0 Å². The lowest BCUT2D eigenvalue weighted by molar-refractivity contribution is -0.0560. The Balaban J connectivity index is 2.27. The van der Waals surface area contributed by atoms with E-state index in [9.17, 15) is 15.3 Å². The fraction of sp³-hybridized carbons (Fsp3) is 0.105. The molecule has 0 aliphatic heterocycles. The van der Waals surface area contributed by atoms with Crippen molar-refractivity contribution in [3.05, 3.63) is 65.2 Å². The molecule has 0 radical (unpaired) electrons. The fourth-order valence-corrected chi connectivity index (χ4v) is 2.14. The smallest absolute Gasteiger partial charge is 0.339 e. The topological polar surface area (TPSA) is 123 Å². The maximum Gasteiger partial charge on any atom is 0.339 e.